The van der Waals surface area contributed by atoms with Gasteiger partial charge in [-0.2, -0.15) is 0 Å². The Labute approximate surface area is 146 Å². The maximum absolute atomic E-state index is 9.28. The predicted octanol–water partition coefficient (Wildman–Crippen LogP) is 1.68. The van der Waals surface area contributed by atoms with Gasteiger partial charge in [-0.3, -0.25) is 4.99 Å². The van der Waals surface area contributed by atoms with Gasteiger partial charge in [0.25, 0.3) is 0 Å². The second-order valence-electron chi connectivity index (χ2n) is 7.11. The Hall–Kier alpha value is -0.850. The van der Waals surface area contributed by atoms with E-state index in [4.69, 9.17) is 9.47 Å². The highest BCUT2D eigenvalue weighted by molar-refractivity contribution is 5.79. The average molecular weight is 341 g/mol. The standard InChI is InChI=1S/C18H35N3O3/c1-19-17(21-14-18(8-11-22)9-13-23-15-18)20-10-5-12-24-16-6-3-2-4-7-16/h16,22H,2-15H2,1H3,(H2,19,20,21). The van der Waals surface area contributed by atoms with Gasteiger partial charge < -0.3 is 25.2 Å². The molecule has 1 saturated heterocycles. The summed E-state index contributed by atoms with van der Waals surface area (Å²) in [7, 11) is 1.79. The lowest BCUT2D eigenvalue weighted by Crippen LogP contribution is -2.44. The molecule has 0 bridgehead atoms. The van der Waals surface area contributed by atoms with Crippen LogP contribution in [0.25, 0.3) is 0 Å². The summed E-state index contributed by atoms with van der Waals surface area (Å²) in [5, 5.41) is 16.0. The fraction of sp³-hybridized carbons (Fsp3) is 0.944. The summed E-state index contributed by atoms with van der Waals surface area (Å²) < 4.78 is 11.5. The lowest BCUT2D eigenvalue weighted by Gasteiger charge is -2.27. The molecular formula is C18H35N3O3. The van der Waals surface area contributed by atoms with Crippen molar-refractivity contribution in [1.82, 2.24) is 10.6 Å². The normalized spacial score (nSPS) is 25.8. The van der Waals surface area contributed by atoms with Crippen LogP contribution in [0.1, 0.15) is 51.4 Å². The lowest BCUT2D eigenvalue weighted by atomic mass is 9.84. The van der Waals surface area contributed by atoms with E-state index in [1.807, 2.05) is 0 Å². The van der Waals surface area contributed by atoms with E-state index in [1.165, 1.54) is 32.1 Å². The van der Waals surface area contributed by atoms with E-state index < -0.39 is 0 Å². The molecule has 0 aromatic carbocycles. The highest BCUT2D eigenvalue weighted by Crippen LogP contribution is 2.31. The Bertz CT molecular complexity index is 365. The third-order valence-electron chi connectivity index (χ3n) is 5.20. The molecule has 24 heavy (non-hydrogen) atoms. The van der Waals surface area contributed by atoms with Crippen molar-refractivity contribution in [2.24, 2.45) is 10.4 Å². The summed E-state index contributed by atoms with van der Waals surface area (Å²) in [6.45, 7) is 4.16. The number of hydrogen-bond acceptors (Lipinski definition) is 4. The Kier molecular flexibility index (Phi) is 8.84. The summed E-state index contributed by atoms with van der Waals surface area (Å²) in [5.74, 6) is 0.817. The van der Waals surface area contributed by atoms with Gasteiger partial charge in [-0.25, -0.2) is 0 Å². The van der Waals surface area contributed by atoms with Crippen molar-refractivity contribution in [3.05, 3.63) is 0 Å². The zero-order chi connectivity index (χ0) is 17.1. The zero-order valence-corrected chi connectivity index (χ0v) is 15.2. The number of aliphatic hydroxyl groups is 1. The highest BCUT2D eigenvalue weighted by Gasteiger charge is 2.34. The first-order chi connectivity index (χ1) is 11.8. The zero-order valence-electron chi connectivity index (χ0n) is 15.2. The van der Waals surface area contributed by atoms with Crippen LogP contribution < -0.4 is 10.6 Å². The molecule has 1 unspecified atom stereocenters. The Morgan fingerprint density at radius 2 is 2.12 bits per heavy atom. The van der Waals surface area contributed by atoms with Gasteiger partial charge in [0.1, 0.15) is 0 Å². The van der Waals surface area contributed by atoms with Crippen molar-refractivity contribution in [2.75, 3.05) is 46.6 Å². The van der Waals surface area contributed by atoms with E-state index in [2.05, 4.69) is 15.6 Å². The first kappa shape index (κ1) is 19.5. The monoisotopic (exact) mass is 341 g/mol. The topological polar surface area (TPSA) is 75.1 Å². The molecule has 3 N–H and O–H groups in total. The van der Waals surface area contributed by atoms with Crippen molar-refractivity contribution in [1.29, 1.82) is 0 Å². The van der Waals surface area contributed by atoms with Crippen molar-refractivity contribution >= 4 is 5.96 Å². The van der Waals surface area contributed by atoms with Crippen LogP contribution in [0.15, 0.2) is 4.99 Å². The molecule has 0 aromatic rings. The fourth-order valence-electron chi connectivity index (χ4n) is 3.56. The minimum Gasteiger partial charge on any atom is -0.396 e. The average Bonchev–Trinajstić information content (AvgIpc) is 3.07. The van der Waals surface area contributed by atoms with Crippen molar-refractivity contribution in [3.8, 4) is 0 Å². The van der Waals surface area contributed by atoms with Crippen molar-refractivity contribution in [3.63, 3.8) is 0 Å². The Morgan fingerprint density at radius 3 is 2.79 bits per heavy atom. The predicted molar refractivity (Wildman–Crippen MR) is 96.4 cm³/mol. The number of hydrogen-bond donors (Lipinski definition) is 3. The molecule has 0 spiro atoms. The maximum atomic E-state index is 9.28. The molecule has 2 fully saturated rings. The molecule has 1 heterocycles. The second-order valence-corrected chi connectivity index (χ2v) is 7.11. The van der Waals surface area contributed by atoms with Crippen LogP contribution in [0.3, 0.4) is 0 Å². The number of nitrogens with zero attached hydrogens (tertiary/aromatic N) is 1. The van der Waals surface area contributed by atoms with E-state index >= 15 is 0 Å². The summed E-state index contributed by atoms with van der Waals surface area (Å²) in [5.41, 5.74) is 0.0382. The summed E-state index contributed by atoms with van der Waals surface area (Å²) in [6, 6.07) is 0. The Balaban J connectivity index is 1.58. The molecule has 0 radical (unpaired) electrons. The van der Waals surface area contributed by atoms with Gasteiger partial charge >= 0.3 is 0 Å². The van der Waals surface area contributed by atoms with Gasteiger partial charge in [0.05, 0.1) is 12.7 Å². The third kappa shape index (κ3) is 6.57. The molecule has 1 aliphatic heterocycles. The van der Waals surface area contributed by atoms with Crippen LogP contribution in [0, 0.1) is 5.41 Å². The van der Waals surface area contributed by atoms with E-state index in [0.717, 1.165) is 51.5 Å². The molecule has 2 rings (SSSR count). The molecule has 6 heteroatoms. The number of guanidine groups is 1. The molecule has 0 amide bonds. The largest absolute Gasteiger partial charge is 0.396 e. The van der Waals surface area contributed by atoms with E-state index in [1.54, 1.807) is 7.05 Å². The van der Waals surface area contributed by atoms with E-state index in [-0.39, 0.29) is 12.0 Å². The maximum Gasteiger partial charge on any atom is 0.190 e. The second kappa shape index (κ2) is 10.9. The van der Waals surface area contributed by atoms with Crippen LogP contribution in [0.4, 0.5) is 0 Å². The van der Waals surface area contributed by atoms with E-state index in [0.29, 0.717) is 12.7 Å². The van der Waals surface area contributed by atoms with E-state index in [9.17, 15) is 5.11 Å². The Morgan fingerprint density at radius 1 is 1.29 bits per heavy atom. The SMILES string of the molecule is CN=C(NCCCOC1CCCCC1)NCC1(CCO)CCOC1. The van der Waals surface area contributed by atoms with Crippen molar-refractivity contribution in [2.45, 2.75) is 57.5 Å². The van der Waals surface area contributed by atoms with Crippen LogP contribution in [0.2, 0.25) is 0 Å². The molecule has 140 valence electrons. The summed E-state index contributed by atoms with van der Waals surface area (Å²) in [4.78, 5) is 4.28. The molecule has 2 aliphatic rings. The van der Waals surface area contributed by atoms with Crippen molar-refractivity contribution < 1.29 is 14.6 Å². The molecular weight excluding hydrogens is 306 g/mol. The minimum absolute atomic E-state index is 0.0382. The smallest absolute Gasteiger partial charge is 0.190 e. The number of rotatable bonds is 9. The highest BCUT2D eigenvalue weighted by atomic mass is 16.5. The molecule has 1 aliphatic carbocycles. The molecule has 1 saturated carbocycles. The summed E-state index contributed by atoms with van der Waals surface area (Å²) >= 11 is 0. The number of ether oxygens (including phenoxy) is 2. The van der Waals surface area contributed by atoms with Crippen LogP contribution in [0.5, 0.6) is 0 Å². The lowest BCUT2D eigenvalue weighted by molar-refractivity contribution is 0.0277. The van der Waals surface area contributed by atoms with Gasteiger partial charge in [0.15, 0.2) is 5.96 Å². The number of aliphatic hydroxyl groups excluding tert-OH is 1. The number of nitrogens with one attached hydrogen (secondary N) is 2. The van der Waals surface area contributed by atoms with Gasteiger partial charge in [-0.1, -0.05) is 19.3 Å². The first-order valence-electron chi connectivity index (χ1n) is 9.53. The van der Waals surface area contributed by atoms with Gasteiger partial charge in [-0.05, 0) is 32.1 Å². The third-order valence-corrected chi connectivity index (χ3v) is 5.20. The van der Waals surface area contributed by atoms with Crippen LogP contribution in [-0.2, 0) is 9.47 Å². The molecule has 0 aromatic heterocycles. The minimum atomic E-state index is 0.0382. The number of aliphatic imine (C=N–C) groups is 1. The molecule has 1 atom stereocenters. The van der Waals surface area contributed by atoms with Gasteiger partial charge in [0, 0.05) is 45.4 Å². The quantitative estimate of drug-likeness (QED) is 0.338. The van der Waals surface area contributed by atoms with Crippen LogP contribution in [-0.4, -0.2) is 63.7 Å². The van der Waals surface area contributed by atoms with Gasteiger partial charge in [0.2, 0.25) is 0 Å². The first-order valence-corrected chi connectivity index (χ1v) is 9.53. The summed E-state index contributed by atoms with van der Waals surface area (Å²) in [6.07, 6.45) is 9.69. The fourth-order valence-corrected chi connectivity index (χ4v) is 3.56. The van der Waals surface area contributed by atoms with Crippen LogP contribution >= 0.6 is 0 Å². The molecule has 6 nitrogen and oxygen atoms in total. The van der Waals surface area contributed by atoms with Gasteiger partial charge in [-0.15, -0.1) is 0 Å².